The van der Waals surface area contributed by atoms with Gasteiger partial charge in [0, 0.05) is 10.5 Å². The van der Waals surface area contributed by atoms with Crippen molar-refractivity contribution in [3.8, 4) is 0 Å². The number of carbonyl (C=O) groups excluding carboxylic acids is 1. The van der Waals surface area contributed by atoms with Gasteiger partial charge in [-0.1, -0.05) is 54.3 Å². The van der Waals surface area contributed by atoms with Crippen LogP contribution < -0.4 is 5.11 Å². The summed E-state index contributed by atoms with van der Waals surface area (Å²) < 4.78 is 24.7. The molecule has 6 heteroatoms. The Morgan fingerprint density at radius 1 is 0.778 bits per heavy atom. The number of benzene rings is 2. The highest BCUT2D eigenvalue weighted by Crippen LogP contribution is 2.33. The maximum Gasteiger partial charge on any atom is 0.203 e. The Bertz CT molecular complexity index is 1100. The van der Waals surface area contributed by atoms with Gasteiger partial charge in [0.2, 0.25) is 5.78 Å². The number of allylic oxidation sites excluding steroid dienone is 6. The molecule has 0 saturated heterocycles. The van der Waals surface area contributed by atoms with E-state index in [2.05, 4.69) is 0 Å². The summed E-state index contributed by atoms with van der Waals surface area (Å²) in [6.45, 7) is 0. The third-order valence-electron chi connectivity index (χ3n) is 4.23. The monoisotopic (exact) mass is 393 g/mol. The molecule has 0 aromatic heterocycles. The highest BCUT2D eigenvalue weighted by Gasteiger charge is 2.30. The Kier molecular flexibility index (Phi) is 4.59. The molecule has 2 heterocycles. The van der Waals surface area contributed by atoms with Gasteiger partial charge in [0.15, 0.2) is 0 Å². The van der Waals surface area contributed by atoms with Crippen molar-refractivity contribution in [3.63, 3.8) is 0 Å². The zero-order chi connectivity index (χ0) is 19.0. The van der Waals surface area contributed by atoms with Crippen LogP contribution in [0.2, 0.25) is 0 Å². The summed E-state index contributed by atoms with van der Waals surface area (Å²) in [6, 6.07) is 13.7. The molecule has 134 valence electrons. The Labute approximate surface area is 161 Å². The van der Waals surface area contributed by atoms with Crippen LogP contribution >= 0.6 is 0 Å². The van der Waals surface area contributed by atoms with E-state index in [1.54, 1.807) is 66.8 Å². The minimum atomic E-state index is -1.48. The molecular formula is C21H13O4S2-. The molecule has 2 unspecified atom stereocenters. The van der Waals surface area contributed by atoms with Crippen molar-refractivity contribution < 1.29 is 18.3 Å². The molecule has 2 atom stereocenters. The molecule has 2 aromatic rings. The van der Waals surface area contributed by atoms with E-state index in [4.69, 9.17) is 0 Å². The highest BCUT2D eigenvalue weighted by atomic mass is 32.2. The third kappa shape index (κ3) is 2.97. The molecule has 0 amide bonds. The topological polar surface area (TPSA) is 74.3 Å². The number of Topliss-reactive ketones (excluding diaryl/α,β-unsaturated/α-hetero) is 1. The van der Waals surface area contributed by atoms with Gasteiger partial charge < -0.3 is 5.11 Å². The second-order valence-corrected chi connectivity index (χ2v) is 8.66. The van der Waals surface area contributed by atoms with Crippen LogP contribution in [0.25, 0.3) is 5.76 Å². The SMILES string of the molecule is O=C1\C(=C/C=C/C=C/C2=C([O-])c3ccccc3S2=O)S(=O)c2ccccc21. The van der Waals surface area contributed by atoms with Crippen molar-refractivity contribution in [2.24, 2.45) is 0 Å². The molecule has 2 aromatic carbocycles. The van der Waals surface area contributed by atoms with Crippen LogP contribution in [0.15, 0.2) is 98.5 Å². The molecule has 0 spiro atoms. The zero-order valence-corrected chi connectivity index (χ0v) is 15.6. The smallest absolute Gasteiger partial charge is 0.203 e. The van der Waals surface area contributed by atoms with Gasteiger partial charge in [0.1, 0.15) is 0 Å². The average molecular weight is 393 g/mol. The number of fused-ring (bicyclic) bond motifs is 2. The van der Waals surface area contributed by atoms with Crippen molar-refractivity contribution in [3.05, 3.63) is 99.8 Å². The van der Waals surface area contributed by atoms with E-state index in [-0.39, 0.29) is 21.4 Å². The largest absolute Gasteiger partial charge is 0.871 e. The third-order valence-corrected chi connectivity index (χ3v) is 7.18. The molecule has 2 aliphatic rings. The van der Waals surface area contributed by atoms with E-state index in [0.717, 1.165) is 0 Å². The van der Waals surface area contributed by atoms with Gasteiger partial charge in [0.05, 0.1) is 36.3 Å². The number of carbonyl (C=O) groups is 1. The highest BCUT2D eigenvalue weighted by molar-refractivity contribution is 7.91. The van der Waals surface area contributed by atoms with E-state index in [1.165, 1.54) is 12.2 Å². The Morgan fingerprint density at radius 2 is 1.41 bits per heavy atom. The quantitative estimate of drug-likeness (QED) is 0.594. The molecule has 4 rings (SSSR count). The number of ketones is 1. The summed E-state index contributed by atoms with van der Waals surface area (Å²) in [5.41, 5.74) is 0.928. The molecule has 0 radical (unpaired) electrons. The summed E-state index contributed by atoms with van der Waals surface area (Å²) in [5.74, 6) is -0.482. The number of rotatable bonds is 3. The fourth-order valence-corrected chi connectivity index (χ4v) is 5.49. The van der Waals surface area contributed by atoms with E-state index >= 15 is 0 Å². The normalized spacial score (nSPS) is 23.0. The molecule has 27 heavy (non-hydrogen) atoms. The molecule has 0 saturated carbocycles. The van der Waals surface area contributed by atoms with Crippen molar-refractivity contribution in [2.45, 2.75) is 9.79 Å². The number of hydrogen-bond acceptors (Lipinski definition) is 4. The van der Waals surface area contributed by atoms with Gasteiger partial charge in [-0.25, -0.2) is 8.42 Å². The summed E-state index contributed by atoms with van der Waals surface area (Å²) in [5, 5.41) is 12.3. The lowest BCUT2D eigenvalue weighted by Crippen LogP contribution is -2.01. The van der Waals surface area contributed by atoms with Gasteiger partial charge in [-0.05, 0) is 35.9 Å². The van der Waals surface area contributed by atoms with Gasteiger partial charge in [0.25, 0.3) is 0 Å². The van der Waals surface area contributed by atoms with Crippen LogP contribution in [0.3, 0.4) is 0 Å². The van der Waals surface area contributed by atoms with E-state index < -0.39 is 21.6 Å². The molecular weight excluding hydrogens is 380 g/mol. The van der Waals surface area contributed by atoms with Gasteiger partial charge in [-0.2, -0.15) is 0 Å². The standard InChI is InChI=1S/C21H14O4S2/c22-20-14-8-4-6-10-16(14)26(24)18(20)12-2-1-3-13-19-21(23)15-9-5-7-11-17(15)27(19)25/h1-13,22H/p-1/b3-1+,12-2+,19-13+. The van der Waals surface area contributed by atoms with Gasteiger partial charge >= 0.3 is 0 Å². The minimum absolute atomic E-state index is 0.224. The Balaban J connectivity index is 1.52. The van der Waals surface area contributed by atoms with Crippen LogP contribution in [0, 0.1) is 0 Å². The summed E-state index contributed by atoms with van der Waals surface area (Å²) in [7, 11) is -2.97. The second-order valence-electron chi connectivity index (χ2n) is 5.83. The lowest BCUT2D eigenvalue weighted by molar-refractivity contribution is -0.244. The summed E-state index contributed by atoms with van der Waals surface area (Å²) in [4.78, 5) is 13.8. The van der Waals surface area contributed by atoms with E-state index in [1.807, 2.05) is 0 Å². The molecule has 0 N–H and O–H groups in total. The van der Waals surface area contributed by atoms with Crippen molar-refractivity contribution in [2.75, 3.05) is 0 Å². The molecule has 0 aliphatic carbocycles. The van der Waals surface area contributed by atoms with Crippen LogP contribution in [0.5, 0.6) is 0 Å². The fourth-order valence-electron chi connectivity index (χ4n) is 2.93. The lowest BCUT2D eigenvalue weighted by atomic mass is 10.1. The average Bonchev–Trinajstić information content (AvgIpc) is 3.08. The molecule has 0 bridgehead atoms. The first-order chi connectivity index (χ1) is 13.1. The lowest BCUT2D eigenvalue weighted by Gasteiger charge is -2.07. The van der Waals surface area contributed by atoms with Crippen LogP contribution in [0.1, 0.15) is 15.9 Å². The summed E-state index contributed by atoms with van der Waals surface area (Å²) >= 11 is 0. The molecule has 2 aliphatic heterocycles. The van der Waals surface area contributed by atoms with E-state index in [0.29, 0.717) is 20.9 Å². The second kappa shape index (κ2) is 7.06. The fraction of sp³-hybridized carbons (Fsp3) is 0. The predicted octanol–water partition coefficient (Wildman–Crippen LogP) is 2.84. The predicted molar refractivity (Wildman–Crippen MR) is 103 cm³/mol. The number of hydrogen-bond donors (Lipinski definition) is 0. The van der Waals surface area contributed by atoms with Crippen LogP contribution in [-0.2, 0) is 21.6 Å². The van der Waals surface area contributed by atoms with Crippen molar-refractivity contribution >= 4 is 33.1 Å². The Hall–Kier alpha value is -2.83. The van der Waals surface area contributed by atoms with Crippen LogP contribution in [0.4, 0.5) is 0 Å². The van der Waals surface area contributed by atoms with Crippen molar-refractivity contribution in [1.82, 2.24) is 0 Å². The molecule has 4 nitrogen and oxygen atoms in total. The van der Waals surface area contributed by atoms with E-state index in [9.17, 15) is 18.3 Å². The maximum absolute atomic E-state index is 12.4. The first-order valence-corrected chi connectivity index (χ1v) is 10.4. The maximum atomic E-state index is 12.4. The van der Waals surface area contributed by atoms with Gasteiger partial charge in [-0.15, -0.1) is 0 Å². The molecule has 0 fully saturated rings. The Morgan fingerprint density at radius 3 is 2.07 bits per heavy atom. The summed E-state index contributed by atoms with van der Waals surface area (Å²) in [6.07, 6.45) is 7.80. The zero-order valence-electron chi connectivity index (χ0n) is 14.0. The van der Waals surface area contributed by atoms with Gasteiger partial charge in [-0.3, -0.25) is 4.79 Å². The first kappa shape index (κ1) is 17.6. The first-order valence-electron chi connectivity index (χ1n) is 8.12. The van der Waals surface area contributed by atoms with Crippen LogP contribution in [-0.4, -0.2) is 14.2 Å². The van der Waals surface area contributed by atoms with Crippen molar-refractivity contribution in [1.29, 1.82) is 0 Å². The minimum Gasteiger partial charge on any atom is -0.871 e.